The van der Waals surface area contributed by atoms with Gasteiger partial charge in [0.1, 0.15) is 5.82 Å². The van der Waals surface area contributed by atoms with Crippen molar-refractivity contribution in [3.63, 3.8) is 0 Å². The molecular formula is C18H17FN2O3S2. The summed E-state index contributed by atoms with van der Waals surface area (Å²) in [6.07, 6.45) is -0.201. The number of aromatic nitrogens is 1. The van der Waals surface area contributed by atoms with Crippen LogP contribution >= 0.6 is 11.3 Å². The molecule has 0 saturated heterocycles. The average molecular weight is 392 g/mol. The predicted molar refractivity (Wildman–Crippen MR) is 101 cm³/mol. The van der Waals surface area contributed by atoms with Crippen molar-refractivity contribution in [2.45, 2.75) is 25.2 Å². The molecule has 0 atom stereocenters. The van der Waals surface area contributed by atoms with E-state index in [1.54, 1.807) is 0 Å². The molecule has 136 valence electrons. The maximum Gasteiger partial charge on any atom is 0.227 e. The first kappa shape index (κ1) is 18.5. The average Bonchev–Trinajstić information content (AvgIpc) is 3.00. The number of nitrogens with one attached hydrogen (secondary N) is 1. The van der Waals surface area contributed by atoms with Gasteiger partial charge in [-0.3, -0.25) is 4.79 Å². The summed E-state index contributed by atoms with van der Waals surface area (Å²) in [5.74, 6) is -1.29. The number of carbonyl (C=O) groups excluding carboxylic acids is 1. The number of halogens is 1. The summed E-state index contributed by atoms with van der Waals surface area (Å²) in [7, 11) is -3.65. The standard InChI is InChI=1S/C18H17FN2O3S2/c1-11-3-8-15-17(12(11)2)21-18(25-15)20-16(22)9-10-26(23,24)14-6-4-13(19)5-7-14/h3-8H,9-10H2,1-2H3,(H,20,21,22). The van der Waals surface area contributed by atoms with Crippen molar-refractivity contribution in [3.05, 3.63) is 53.3 Å². The highest BCUT2D eigenvalue weighted by Gasteiger charge is 2.17. The van der Waals surface area contributed by atoms with Crippen LogP contribution in [0.15, 0.2) is 41.3 Å². The van der Waals surface area contributed by atoms with Gasteiger partial charge in [0.05, 0.1) is 20.9 Å². The first-order valence-corrected chi connectivity index (χ1v) is 10.4. The Morgan fingerprint density at radius 1 is 1.15 bits per heavy atom. The molecule has 0 saturated carbocycles. The first-order valence-electron chi connectivity index (χ1n) is 7.91. The van der Waals surface area contributed by atoms with Gasteiger partial charge in [0.25, 0.3) is 0 Å². The van der Waals surface area contributed by atoms with Crippen molar-refractivity contribution >= 4 is 42.4 Å². The molecule has 0 aliphatic rings. The number of aryl methyl sites for hydroxylation is 2. The molecule has 3 aromatic rings. The molecule has 0 radical (unpaired) electrons. The van der Waals surface area contributed by atoms with Crippen LogP contribution in [0.4, 0.5) is 9.52 Å². The van der Waals surface area contributed by atoms with E-state index in [1.807, 2.05) is 26.0 Å². The number of amides is 1. The van der Waals surface area contributed by atoms with Gasteiger partial charge in [0.15, 0.2) is 15.0 Å². The zero-order valence-electron chi connectivity index (χ0n) is 14.2. The molecule has 0 spiro atoms. The minimum absolute atomic E-state index is 0.00205. The summed E-state index contributed by atoms with van der Waals surface area (Å²) in [6, 6.07) is 8.50. The summed E-state index contributed by atoms with van der Waals surface area (Å²) in [6.45, 7) is 3.96. The Hall–Kier alpha value is -2.32. The van der Waals surface area contributed by atoms with E-state index in [0.29, 0.717) is 5.13 Å². The van der Waals surface area contributed by atoms with Gasteiger partial charge >= 0.3 is 0 Å². The summed E-state index contributed by atoms with van der Waals surface area (Å²) < 4.78 is 38.3. The molecule has 0 aliphatic heterocycles. The number of fused-ring (bicyclic) bond motifs is 1. The van der Waals surface area contributed by atoms with Crippen LogP contribution in [-0.4, -0.2) is 25.1 Å². The maximum absolute atomic E-state index is 12.9. The van der Waals surface area contributed by atoms with E-state index in [9.17, 15) is 17.6 Å². The van der Waals surface area contributed by atoms with Crippen molar-refractivity contribution in [2.24, 2.45) is 0 Å². The molecule has 1 amide bonds. The largest absolute Gasteiger partial charge is 0.302 e. The van der Waals surface area contributed by atoms with E-state index in [0.717, 1.165) is 33.5 Å². The van der Waals surface area contributed by atoms with Crippen molar-refractivity contribution in [1.82, 2.24) is 4.98 Å². The molecule has 5 nitrogen and oxygen atoms in total. The van der Waals surface area contributed by atoms with Gasteiger partial charge in [-0.05, 0) is 55.3 Å². The third-order valence-electron chi connectivity index (χ3n) is 4.10. The highest BCUT2D eigenvalue weighted by Crippen LogP contribution is 2.29. The zero-order chi connectivity index (χ0) is 18.9. The molecule has 0 fully saturated rings. The van der Waals surface area contributed by atoms with E-state index in [-0.39, 0.29) is 17.1 Å². The van der Waals surface area contributed by atoms with Gasteiger partial charge in [-0.1, -0.05) is 17.4 Å². The second-order valence-corrected chi connectivity index (χ2v) is 9.08. The summed E-state index contributed by atoms with van der Waals surface area (Å²) in [5, 5.41) is 3.10. The van der Waals surface area contributed by atoms with E-state index in [2.05, 4.69) is 10.3 Å². The summed E-state index contributed by atoms with van der Waals surface area (Å²) in [5.41, 5.74) is 3.01. The molecular weight excluding hydrogens is 375 g/mol. The number of thiazole rings is 1. The molecule has 0 unspecified atom stereocenters. The summed E-state index contributed by atoms with van der Waals surface area (Å²) in [4.78, 5) is 16.5. The molecule has 1 N–H and O–H groups in total. The van der Waals surface area contributed by atoms with Crippen molar-refractivity contribution in [2.75, 3.05) is 11.1 Å². The van der Waals surface area contributed by atoms with Gasteiger partial charge in [0.2, 0.25) is 5.91 Å². The SMILES string of the molecule is Cc1ccc2sc(NC(=O)CCS(=O)(=O)c3ccc(F)cc3)nc2c1C. The third kappa shape index (κ3) is 3.91. The number of sulfone groups is 1. The molecule has 1 heterocycles. The molecule has 26 heavy (non-hydrogen) atoms. The highest BCUT2D eigenvalue weighted by atomic mass is 32.2. The van der Waals surface area contributed by atoms with E-state index in [1.165, 1.54) is 23.5 Å². The second kappa shape index (κ2) is 7.13. The monoisotopic (exact) mass is 392 g/mol. The van der Waals surface area contributed by atoms with Gasteiger partial charge in [0, 0.05) is 6.42 Å². The Morgan fingerprint density at radius 3 is 2.54 bits per heavy atom. The number of benzene rings is 2. The Labute approximate surface area is 154 Å². The minimum Gasteiger partial charge on any atom is -0.302 e. The molecule has 3 rings (SSSR count). The molecule has 1 aromatic heterocycles. The lowest BCUT2D eigenvalue weighted by Gasteiger charge is -2.04. The smallest absolute Gasteiger partial charge is 0.227 e. The number of rotatable bonds is 5. The van der Waals surface area contributed by atoms with E-state index < -0.39 is 21.6 Å². The van der Waals surface area contributed by atoms with Crippen molar-refractivity contribution < 1.29 is 17.6 Å². The highest BCUT2D eigenvalue weighted by molar-refractivity contribution is 7.91. The Morgan fingerprint density at radius 2 is 1.85 bits per heavy atom. The first-order chi connectivity index (χ1) is 12.3. The number of hydrogen-bond donors (Lipinski definition) is 1. The quantitative estimate of drug-likeness (QED) is 0.669. The van der Waals surface area contributed by atoms with Crippen LogP contribution in [0.3, 0.4) is 0 Å². The van der Waals surface area contributed by atoms with Crippen LogP contribution in [0.25, 0.3) is 10.2 Å². The fourth-order valence-electron chi connectivity index (χ4n) is 2.45. The zero-order valence-corrected chi connectivity index (χ0v) is 15.9. The van der Waals surface area contributed by atoms with Crippen LogP contribution in [0, 0.1) is 19.7 Å². The topological polar surface area (TPSA) is 76.1 Å². The Bertz CT molecular complexity index is 1070. The van der Waals surface area contributed by atoms with Crippen LogP contribution in [0.5, 0.6) is 0 Å². The van der Waals surface area contributed by atoms with Crippen LogP contribution in [0.1, 0.15) is 17.5 Å². The minimum atomic E-state index is -3.65. The van der Waals surface area contributed by atoms with E-state index >= 15 is 0 Å². The van der Waals surface area contributed by atoms with Gasteiger partial charge in [-0.15, -0.1) is 0 Å². The molecule has 2 aromatic carbocycles. The van der Waals surface area contributed by atoms with E-state index in [4.69, 9.17) is 0 Å². The van der Waals surface area contributed by atoms with Crippen molar-refractivity contribution in [3.8, 4) is 0 Å². The van der Waals surface area contributed by atoms with Crippen LogP contribution in [-0.2, 0) is 14.6 Å². The number of carbonyl (C=O) groups is 1. The normalized spacial score (nSPS) is 11.7. The predicted octanol–water partition coefficient (Wildman–Crippen LogP) is 3.85. The Balaban J connectivity index is 1.67. The van der Waals surface area contributed by atoms with Crippen molar-refractivity contribution in [1.29, 1.82) is 0 Å². The number of anilines is 1. The lowest BCUT2D eigenvalue weighted by atomic mass is 10.1. The third-order valence-corrected chi connectivity index (χ3v) is 6.77. The van der Waals surface area contributed by atoms with Gasteiger partial charge in [-0.25, -0.2) is 17.8 Å². The summed E-state index contributed by atoms with van der Waals surface area (Å²) >= 11 is 1.35. The Kier molecular flexibility index (Phi) is 5.06. The lowest BCUT2D eigenvalue weighted by Crippen LogP contribution is -2.17. The fraction of sp³-hybridized carbons (Fsp3) is 0.222. The lowest BCUT2D eigenvalue weighted by molar-refractivity contribution is -0.115. The van der Waals surface area contributed by atoms with Gasteiger partial charge < -0.3 is 5.32 Å². The van der Waals surface area contributed by atoms with Crippen LogP contribution < -0.4 is 5.32 Å². The van der Waals surface area contributed by atoms with Crippen LogP contribution in [0.2, 0.25) is 0 Å². The molecule has 0 aliphatic carbocycles. The number of hydrogen-bond acceptors (Lipinski definition) is 5. The molecule has 8 heteroatoms. The second-order valence-electron chi connectivity index (χ2n) is 5.94. The fourth-order valence-corrected chi connectivity index (χ4v) is 4.63. The molecule has 0 bridgehead atoms. The van der Waals surface area contributed by atoms with Gasteiger partial charge in [-0.2, -0.15) is 0 Å². The number of nitrogens with zero attached hydrogens (tertiary/aromatic N) is 1. The maximum atomic E-state index is 12.9.